The highest BCUT2D eigenvalue weighted by Gasteiger charge is 2.08. The predicted octanol–water partition coefficient (Wildman–Crippen LogP) is 0.667. The third-order valence-corrected chi connectivity index (χ3v) is 2.33. The van der Waals surface area contributed by atoms with Gasteiger partial charge in [-0.3, -0.25) is 4.79 Å². The molecule has 0 saturated heterocycles. The molecule has 0 fully saturated rings. The van der Waals surface area contributed by atoms with Crippen molar-refractivity contribution in [2.24, 2.45) is 5.73 Å². The van der Waals surface area contributed by atoms with E-state index in [-0.39, 0.29) is 5.91 Å². The Kier molecular flexibility index (Phi) is 4.78. The fourth-order valence-corrected chi connectivity index (χ4v) is 1.34. The number of carbonyl (C=O) groups excluding carboxylic acids is 1. The lowest BCUT2D eigenvalue weighted by Gasteiger charge is -2.11. The van der Waals surface area contributed by atoms with Crippen LogP contribution in [0.25, 0.3) is 0 Å². The summed E-state index contributed by atoms with van der Waals surface area (Å²) >= 11 is 0. The topological polar surface area (TPSA) is 73.6 Å². The second-order valence-corrected chi connectivity index (χ2v) is 3.70. The summed E-state index contributed by atoms with van der Waals surface area (Å²) in [4.78, 5) is 11.3. The number of hydrogen-bond acceptors (Lipinski definition) is 4. The Bertz CT molecular complexity index is 391. The molecular formula is C12H18N2O3. The highest BCUT2D eigenvalue weighted by Crippen LogP contribution is 2.27. The Balaban J connectivity index is 2.69. The zero-order valence-corrected chi connectivity index (χ0v) is 10.3. The first-order valence-corrected chi connectivity index (χ1v) is 5.32. The Morgan fingerprint density at radius 2 is 2.00 bits per heavy atom. The minimum absolute atomic E-state index is 0.181. The molecule has 0 radical (unpaired) electrons. The summed E-state index contributed by atoms with van der Waals surface area (Å²) in [6.07, 6.45) is 0. The zero-order chi connectivity index (χ0) is 12.8. The van der Waals surface area contributed by atoms with Gasteiger partial charge in [-0.05, 0) is 24.6 Å². The molecule has 1 atom stereocenters. The van der Waals surface area contributed by atoms with Crippen molar-refractivity contribution >= 4 is 5.91 Å². The Labute approximate surface area is 101 Å². The average molecular weight is 238 g/mol. The van der Waals surface area contributed by atoms with Gasteiger partial charge in [0.2, 0.25) is 5.91 Å². The number of benzene rings is 1. The molecule has 1 aromatic rings. The highest BCUT2D eigenvalue weighted by atomic mass is 16.5. The van der Waals surface area contributed by atoms with Crippen molar-refractivity contribution in [1.82, 2.24) is 5.32 Å². The Morgan fingerprint density at radius 3 is 2.53 bits per heavy atom. The van der Waals surface area contributed by atoms with Gasteiger partial charge in [0, 0.05) is 6.54 Å². The van der Waals surface area contributed by atoms with Crippen LogP contribution in [0.5, 0.6) is 11.5 Å². The molecule has 1 rings (SSSR count). The van der Waals surface area contributed by atoms with Gasteiger partial charge in [-0.15, -0.1) is 0 Å². The maximum atomic E-state index is 11.3. The molecule has 0 saturated carbocycles. The highest BCUT2D eigenvalue weighted by molar-refractivity contribution is 5.80. The van der Waals surface area contributed by atoms with Crippen LogP contribution in [-0.2, 0) is 11.3 Å². The second-order valence-electron chi connectivity index (χ2n) is 3.70. The molecule has 5 heteroatoms. The number of carbonyl (C=O) groups is 1. The molecule has 0 aliphatic carbocycles. The van der Waals surface area contributed by atoms with Gasteiger partial charge in [-0.2, -0.15) is 0 Å². The van der Waals surface area contributed by atoms with E-state index in [1.54, 1.807) is 27.2 Å². The molecule has 0 unspecified atom stereocenters. The van der Waals surface area contributed by atoms with Crippen LogP contribution in [0.1, 0.15) is 12.5 Å². The maximum absolute atomic E-state index is 11.3. The van der Waals surface area contributed by atoms with Crippen LogP contribution in [0.3, 0.4) is 0 Å². The summed E-state index contributed by atoms with van der Waals surface area (Å²) in [6.45, 7) is 2.06. The summed E-state index contributed by atoms with van der Waals surface area (Å²) in [5.41, 5.74) is 6.37. The Morgan fingerprint density at radius 1 is 1.35 bits per heavy atom. The first kappa shape index (κ1) is 13.3. The van der Waals surface area contributed by atoms with Crippen molar-refractivity contribution in [3.05, 3.63) is 23.8 Å². The molecule has 0 aromatic heterocycles. The first-order chi connectivity index (χ1) is 8.08. The molecule has 0 spiro atoms. The van der Waals surface area contributed by atoms with Gasteiger partial charge in [0.1, 0.15) is 0 Å². The number of nitrogens with two attached hydrogens (primary N) is 1. The summed E-state index contributed by atoms with van der Waals surface area (Å²) in [5, 5.41) is 2.73. The number of nitrogens with one attached hydrogen (secondary N) is 1. The van der Waals surface area contributed by atoms with Crippen molar-refractivity contribution in [3.63, 3.8) is 0 Å². The number of ether oxygens (including phenoxy) is 2. The molecule has 0 bridgehead atoms. The monoisotopic (exact) mass is 238 g/mol. The van der Waals surface area contributed by atoms with Crippen molar-refractivity contribution in [2.45, 2.75) is 19.5 Å². The van der Waals surface area contributed by atoms with Crippen LogP contribution in [0, 0.1) is 0 Å². The largest absolute Gasteiger partial charge is 0.493 e. The molecule has 1 amide bonds. The van der Waals surface area contributed by atoms with Crippen molar-refractivity contribution < 1.29 is 14.3 Å². The van der Waals surface area contributed by atoms with E-state index in [2.05, 4.69) is 5.32 Å². The summed E-state index contributed by atoms with van der Waals surface area (Å²) in [5.74, 6) is 1.12. The normalized spacial score (nSPS) is 11.8. The first-order valence-electron chi connectivity index (χ1n) is 5.32. The smallest absolute Gasteiger partial charge is 0.236 e. The van der Waals surface area contributed by atoms with Crippen molar-refractivity contribution in [3.8, 4) is 11.5 Å². The van der Waals surface area contributed by atoms with Gasteiger partial charge < -0.3 is 20.5 Å². The summed E-state index contributed by atoms with van der Waals surface area (Å²) in [6, 6.07) is 4.98. The Hall–Kier alpha value is -1.75. The van der Waals surface area contributed by atoms with Crippen LogP contribution in [0.15, 0.2) is 18.2 Å². The molecule has 0 heterocycles. The van der Waals surface area contributed by atoms with E-state index in [0.717, 1.165) is 5.56 Å². The van der Waals surface area contributed by atoms with E-state index >= 15 is 0 Å². The lowest BCUT2D eigenvalue weighted by Crippen LogP contribution is -2.37. The van der Waals surface area contributed by atoms with Gasteiger partial charge in [-0.25, -0.2) is 0 Å². The third kappa shape index (κ3) is 3.64. The number of amides is 1. The molecule has 1 aromatic carbocycles. The number of hydrogen-bond donors (Lipinski definition) is 2. The minimum Gasteiger partial charge on any atom is -0.493 e. The summed E-state index contributed by atoms with van der Waals surface area (Å²) in [7, 11) is 3.15. The van der Waals surface area contributed by atoms with E-state index < -0.39 is 6.04 Å². The van der Waals surface area contributed by atoms with Crippen LogP contribution in [-0.4, -0.2) is 26.2 Å². The fraction of sp³-hybridized carbons (Fsp3) is 0.417. The van der Waals surface area contributed by atoms with E-state index in [0.29, 0.717) is 18.0 Å². The van der Waals surface area contributed by atoms with Gasteiger partial charge >= 0.3 is 0 Å². The SMILES string of the molecule is COc1ccc(CNC(=O)[C@H](C)N)cc1OC. The van der Waals surface area contributed by atoms with E-state index in [4.69, 9.17) is 15.2 Å². The van der Waals surface area contributed by atoms with Gasteiger partial charge in [0.05, 0.1) is 20.3 Å². The van der Waals surface area contributed by atoms with Gasteiger partial charge in [-0.1, -0.05) is 6.07 Å². The van der Waals surface area contributed by atoms with E-state index in [1.165, 1.54) is 0 Å². The molecule has 94 valence electrons. The fourth-order valence-electron chi connectivity index (χ4n) is 1.34. The third-order valence-electron chi connectivity index (χ3n) is 2.33. The lowest BCUT2D eigenvalue weighted by atomic mass is 10.2. The predicted molar refractivity (Wildman–Crippen MR) is 65.0 cm³/mol. The molecule has 0 aliphatic rings. The number of rotatable bonds is 5. The molecule has 3 N–H and O–H groups in total. The molecular weight excluding hydrogens is 220 g/mol. The van der Waals surface area contributed by atoms with Crippen LogP contribution in [0.2, 0.25) is 0 Å². The quantitative estimate of drug-likeness (QED) is 0.790. The van der Waals surface area contributed by atoms with Crippen LogP contribution in [0.4, 0.5) is 0 Å². The summed E-state index contributed by atoms with van der Waals surface area (Å²) < 4.78 is 10.3. The van der Waals surface area contributed by atoms with E-state index in [1.807, 2.05) is 12.1 Å². The lowest BCUT2D eigenvalue weighted by molar-refractivity contribution is -0.122. The molecule has 0 aliphatic heterocycles. The van der Waals surface area contributed by atoms with Gasteiger partial charge in [0.25, 0.3) is 0 Å². The van der Waals surface area contributed by atoms with Crippen LogP contribution < -0.4 is 20.5 Å². The van der Waals surface area contributed by atoms with Crippen molar-refractivity contribution in [1.29, 1.82) is 0 Å². The molecule has 17 heavy (non-hydrogen) atoms. The standard InChI is InChI=1S/C12H18N2O3/c1-8(13)12(15)14-7-9-4-5-10(16-2)11(6-9)17-3/h4-6,8H,7,13H2,1-3H3,(H,14,15)/t8-/m0/s1. The zero-order valence-electron chi connectivity index (χ0n) is 10.3. The van der Waals surface area contributed by atoms with Crippen molar-refractivity contribution in [2.75, 3.05) is 14.2 Å². The van der Waals surface area contributed by atoms with Gasteiger partial charge in [0.15, 0.2) is 11.5 Å². The minimum atomic E-state index is -0.504. The average Bonchev–Trinajstić information content (AvgIpc) is 2.35. The maximum Gasteiger partial charge on any atom is 0.236 e. The van der Waals surface area contributed by atoms with Crippen LogP contribution >= 0.6 is 0 Å². The molecule has 5 nitrogen and oxygen atoms in total. The van der Waals surface area contributed by atoms with E-state index in [9.17, 15) is 4.79 Å². The number of methoxy groups -OCH3 is 2. The second kappa shape index (κ2) is 6.10.